The predicted octanol–water partition coefficient (Wildman–Crippen LogP) is 3.13. The van der Waals surface area contributed by atoms with E-state index in [4.69, 9.17) is 4.74 Å². The fraction of sp³-hybridized carbons (Fsp3) is 0.600. The third-order valence-corrected chi connectivity index (χ3v) is 3.22. The van der Waals surface area contributed by atoms with Crippen LogP contribution in [0.25, 0.3) is 0 Å². The number of ether oxygens (including phenoxy) is 1. The first kappa shape index (κ1) is 17.8. The van der Waals surface area contributed by atoms with Crippen molar-refractivity contribution in [2.24, 2.45) is 5.92 Å². The van der Waals surface area contributed by atoms with Crippen molar-refractivity contribution in [1.82, 2.24) is 9.88 Å². The first-order valence-electron chi connectivity index (χ1n) is 6.91. The van der Waals surface area contributed by atoms with E-state index in [2.05, 4.69) is 4.98 Å². The summed E-state index contributed by atoms with van der Waals surface area (Å²) in [7, 11) is 0. The van der Waals surface area contributed by atoms with Gasteiger partial charge in [0.25, 0.3) is 0 Å². The van der Waals surface area contributed by atoms with Crippen LogP contribution in [0.5, 0.6) is 0 Å². The van der Waals surface area contributed by atoms with Crippen LogP contribution in [0.1, 0.15) is 32.8 Å². The Bertz CT molecular complexity index is 491. The minimum absolute atomic E-state index is 0. The highest BCUT2D eigenvalue weighted by Crippen LogP contribution is 2.22. The van der Waals surface area contributed by atoms with E-state index >= 15 is 0 Å². The fourth-order valence-electron chi connectivity index (χ4n) is 2.39. The van der Waals surface area contributed by atoms with Gasteiger partial charge in [-0.05, 0) is 51.2 Å². The van der Waals surface area contributed by atoms with E-state index in [0.717, 1.165) is 18.4 Å². The standard InChI is InChI=1S/C15H21FN2O2.H2S/c1-15(2,3)20-14(19)18-5-4-11(10-18)6-12-7-13(16)9-17-8-12;/h7-9,11H,4-6,10H2,1-3H3;1H2/t11-;/m1./s1. The quantitative estimate of drug-likeness (QED) is 0.842. The molecule has 1 atom stereocenters. The number of carbonyl (C=O) groups is 1. The molecule has 1 aliphatic rings. The molecule has 21 heavy (non-hydrogen) atoms. The number of rotatable bonds is 2. The maximum Gasteiger partial charge on any atom is 0.410 e. The van der Waals surface area contributed by atoms with Gasteiger partial charge in [0.2, 0.25) is 0 Å². The smallest absolute Gasteiger partial charge is 0.410 e. The summed E-state index contributed by atoms with van der Waals surface area (Å²) in [6, 6.07) is 1.50. The highest BCUT2D eigenvalue weighted by atomic mass is 32.1. The van der Waals surface area contributed by atoms with Gasteiger partial charge in [-0.25, -0.2) is 9.18 Å². The van der Waals surface area contributed by atoms with Crippen molar-refractivity contribution in [2.75, 3.05) is 13.1 Å². The van der Waals surface area contributed by atoms with E-state index < -0.39 is 5.60 Å². The molecule has 1 aromatic heterocycles. The number of aromatic nitrogens is 1. The lowest BCUT2D eigenvalue weighted by molar-refractivity contribution is 0.0288. The van der Waals surface area contributed by atoms with E-state index in [9.17, 15) is 9.18 Å². The first-order chi connectivity index (χ1) is 9.33. The third-order valence-electron chi connectivity index (χ3n) is 3.22. The Morgan fingerprint density at radius 1 is 1.48 bits per heavy atom. The van der Waals surface area contributed by atoms with Gasteiger partial charge >= 0.3 is 6.09 Å². The molecule has 1 aromatic rings. The summed E-state index contributed by atoms with van der Waals surface area (Å²) in [4.78, 5) is 17.5. The summed E-state index contributed by atoms with van der Waals surface area (Å²) in [6.45, 7) is 6.93. The van der Waals surface area contributed by atoms with Crippen molar-refractivity contribution in [3.8, 4) is 0 Å². The van der Waals surface area contributed by atoms with Gasteiger partial charge in [0, 0.05) is 19.3 Å². The Labute approximate surface area is 132 Å². The lowest BCUT2D eigenvalue weighted by atomic mass is 10.00. The summed E-state index contributed by atoms with van der Waals surface area (Å²) in [5.74, 6) is 0.0237. The van der Waals surface area contributed by atoms with Crippen LogP contribution in [-0.4, -0.2) is 34.7 Å². The highest BCUT2D eigenvalue weighted by molar-refractivity contribution is 7.59. The SMILES string of the molecule is CC(C)(C)OC(=O)N1CC[C@H](Cc2cncc(F)c2)C1.S. The number of likely N-dealkylation sites (tertiary alicyclic amines) is 1. The zero-order chi connectivity index (χ0) is 14.8. The van der Waals surface area contributed by atoms with Gasteiger partial charge in [-0.15, -0.1) is 0 Å². The molecule has 1 fully saturated rings. The molecule has 1 amide bonds. The van der Waals surface area contributed by atoms with Gasteiger partial charge < -0.3 is 9.64 Å². The number of hydrogen-bond acceptors (Lipinski definition) is 3. The molecule has 1 saturated heterocycles. The average Bonchev–Trinajstić information content (AvgIpc) is 2.75. The average molecular weight is 314 g/mol. The summed E-state index contributed by atoms with van der Waals surface area (Å²) in [5.41, 5.74) is 0.405. The Morgan fingerprint density at radius 2 is 2.19 bits per heavy atom. The van der Waals surface area contributed by atoms with Gasteiger partial charge in [0.15, 0.2) is 0 Å². The van der Waals surface area contributed by atoms with Crippen LogP contribution in [0, 0.1) is 11.7 Å². The summed E-state index contributed by atoms with van der Waals surface area (Å²) < 4.78 is 18.4. The molecule has 6 heteroatoms. The topological polar surface area (TPSA) is 42.4 Å². The molecule has 0 aliphatic carbocycles. The van der Waals surface area contributed by atoms with Crippen molar-refractivity contribution >= 4 is 19.6 Å². The van der Waals surface area contributed by atoms with E-state index in [1.54, 1.807) is 11.1 Å². The Morgan fingerprint density at radius 3 is 2.81 bits per heavy atom. The van der Waals surface area contributed by atoms with Gasteiger partial charge in [-0.1, -0.05) is 0 Å². The molecule has 0 radical (unpaired) electrons. The van der Waals surface area contributed by atoms with Crippen LogP contribution in [0.3, 0.4) is 0 Å². The number of hydrogen-bond donors (Lipinski definition) is 0. The number of carbonyl (C=O) groups excluding carboxylic acids is 1. The van der Waals surface area contributed by atoms with Crippen molar-refractivity contribution in [3.05, 3.63) is 29.8 Å². The second kappa shape index (κ2) is 7.11. The van der Waals surface area contributed by atoms with Gasteiger partial charge in [-0.3, -0.25) is 4.98 Å². The predicted molar refractivity (Wildman–Crippen MR) is 84.2 cm³/mol. The normalized spacial score (nSPS) is 18.3. The molecular weight excluding hydrogens is 291 g/mol. The molecule has 0 bridgehead atoms. The van der Waals surface area contributed by atoms with Crippen molar-refractivity contribution in [1.29, 1.82) is 0 Å². The molecule has 4 nitrogen and oxygen atoms in total. The Balaban J connectivity index is 0.00000220. The van der Waals surface area contributed by atoms with E-state index in [-0.39, 0.29) is 25.4 Å². The van der Waals surface area contributed by atoms with Crippen molar-refractivity contribution < 1.29 is 13.9 Å². The molecule has 2 rings (SSSR count). The number of halogens is 1. The summed E-state index contributed by atoms with van der Waals surface area (Å²) in [5, 5.41) is 0. The zero-order valence-electron chi connectivity index (χ0n) is 12.7. The molecule has 0 aromatic carbocycles. The van der Waals surface area contributed by atoms with E-state index in [0.29, 0.717) is 19.0 Å². The highest BCUT2D eigenvalue weighted by Gasteiger charge is 2.29. The number of nitrogens with zero attached hydrogens (tertiary/aromatic N) is 2. The minimum atomic E-state index is -0.471. The molecule has 0 N–H and O–H groups in total. The van der Waals surface area contributed by atoms with E-state index in [1.807, 2.05) is 20.8 Å². The molecule has 2 heterocycles. The second-order valence-corrected chi connectivity index (χ2v) is 6.30. The van der Waals surface area contributed by atoms with Crippen molar-refractivity contribution in [3.63, 3.8) is 0 Å². The lowest BCUT2D eigenvalue weighted by Crippen LogP contribution is -2.35. The molecule has 118 valence electrons. The molecule has 0 saturated carbocycles. The summed E-state index contributed by atoms with van der Waals surface area (Å²) >= 11 is 0. The summed E-state index contributed by atoms with van der Waals surface area (Å²) in [6.07, 6.45) is 4.27. The van der Waals surface area contributed by atoms with Crippen LogP contribution in [0.4, 0.5) is 9.18 Å². The van der Waals surface area contributed by atoms with Crippen LogP contribution in [0.2, 0.25) is 0 Å². The Kier molecular flexibility index (Phi) is 6.01. The largest absolute Gasteiger partial charge is 0.444 e. The minimum Gasteiger partial charge on any atom is -0.444 e. The third kappa shape index (κ3) is 5.53. The molecule has 1 aliphatic heterocycles. The van der Waals surface area contributed by atoms with E-state index in [1.165, 1.54) is 12.3 Å². The lowest BCUT2D eigenvalue weighted by Gasteiger charge is -2.24. The monoisotopic (exact) mass is 314 g/mol. The van der Waals surface area contributed by atoms with Crippen LogP contribution < -0.4 is 0 Å². The number of pyridine rings is 1. The van der Waals surface area contributed by atoms with Crippen LogP contribution in [0.15, 0.2) is 18.5 Å². The van der Waals surface area contributed by atoms with Gasteiger partial charge in [0.05, 0.1) is 6.20 Å². The molecular formula is C15H23FN2O2S. The maximum absolute atomic E-state index is 13.1. The second-order valence-electron chi connectivity index (χ2n) is 6.30. The molecule has 0 spiro atoms. The maximum atomic E-state index is 13.1. The fourth-order valence-corrected chi connectivity index (χ4v) is 2.39. The van der Waals surface area contributed by atoms with Crippen molar-refractivity contribution in [2.45, 2.75) is 39.2 Å². The first-order valence-corrected chi connectivity index (χ1v) is 6.91. The molecule has 0 unspecified atom stereocenters. The van der Waals surface area contributed by atoms with Crippen LogP contribution >= 0.6 is 13.5 Å². The number of amides is 1. The zero-order valence-corrected chi connectivity index (χ0v) is 13.7. The van der Waals surface area contributed by atoms with Gasteiger partial charge in [0.1, 0.15) is 11.4 Å². The van der Waals surface area contributed by atoms with Crippen LogP contribution in [-0.2, 0) is 11.2 Å². The van der Waals surface area contributed by atoms with Gasteiger partial charge in [-0.2, -0.15) is 13.5 Å². The Hall–Kier alpha value is -1.30.